The van der Waals surface area contributed by atoms with E-state index in [0.717, 1.165) is 5.69 Å². The first-order valence-corrected chi connectivity index (χ1v) is 10.1. The van der Waals surface area contributed by atoms with Crippen molar-refractivity contribution in [3.8, 4) is 0 Å². The van der Waals surface area contributed by atoms with Crippen molar-refractivity contribution >= 4 is 38.1 Å². The molecule has 136 valence electrons. The lowest BCUT2D eigenvalue weighted by Gasteiger charge is -2.08. The van der Waals surface area contributed by atoms with Crippen LogP contribution in [0.4, 0.5) is 10.8 Å². The van der Waals surface area contributed by atoms with Gasteiger partial charge in [-0.1, -0.05) is 0 Å². The Morgan fingerprint density at radius 2 is 1.96 bits per heavy atom. The molecule has 0 aliphatic rings. The van der Waals surface area contributed by atoms with Crippen LogP contribution < -0.4 is 10.0 Å². The van der Waals surface area contributed by atoms with Crippen molar-refractivity contribution in [2.24, 2.45) is 0 Å². The first-order chi connectivity index (χ1) is 12.4. The van der Waals surface area contributed by atoms with Gasteiger partial charge >= 0.3 is 0 Å². The highest BCUT2D eigenvalue weighted by Crippen LogP contribution is 2.19. The van der Waals surface area contributed by atoms with Crippen molar-refractivity contribution in [2.75, 3.05) is 10.0 Å². The summed E-state index contributed by atoms with van der Waals surface area (Å²) in [6.07, 6.45) is 3.48. The average Bonchev–Trinajstić information content (AvgIpc) is 3.25. The minimum atomic E-state index is -3.70. The molecule has 8 nitrogen and oxygen atoms in total. The molecule has 0 unspecified atom stereocenters. The van der Waals surface area contributed by atoms with Crippen LogP contribution in [0.5, 0.6) is 0 Å². The van der Waals surface area contributed by atoms with Gasteiger partial charge in [0.25, 0.3) is 10.0 Å². The van der Waals surface area contributed by atoms with Crippen molar-refractivity contribution < 1.29 is 13.2 Å². The number of aromatic nitrogens is 3. The largest absolute Gasteiger partial charge is 0.326 e. The van der Waals surface area contributed by atoms with Crippen LogP contribution in [0.15, 0.2) is 53.0 Å². The summed E-state index contributed by atoms with van der Waals surface area (Å²) in [7, 11) is -3.70. The number of amides is 1. The second-order valence-corrected chi connectivity index (χ2v) is 8.04. The van der Waals surface area contributed by atoms with Gasteiger partial charge in [-0.05, 0) is 37.3 Å². The lowest BCUT2D eigenvalue weighted by atomic mass is 10.3. The van der Waals surface area contributed by atoms with Crippen molar-refractivity contribution in [1.29, 1.82) is 0 Å². The van der Waals surface area contributed by atoms with E-state index in [2.05, 4.69) is 20.1 Å². The number of rotatable bonds is 7. The van der Waals surface area contributed by atoms with Gasteiger partial charge in [0.1, 0.15) is 0 Å². The van der Waals surface area contributed by atoms with Gasteiger partial charge in [0.05, 0.1) is 4.90 Å². The number of hydrogen-bond donors (Lipinski definition) is 2. The Bertz CT molecular complexity index is 979. The van der Waals surface area contributed by atoms with Gasteiger partial charge < -0.3 is 5.32 Å². The van der Waals surface area contributed by atoms with Crippen LogP contribution >= 0.6 is 11.3 Å². The molecule has 0 bridgehead atoms. The van der Waals surface area contributed by atoms with Crippen LogP contribution in [0.3, 0.4) is 0 Å². The van der Waals surface area contributed by atoms with Gasteiger partial charge in [-0.2, -0.15) is 5.10 Å². The smallest absolute Gasteiger partial charge is 0.263 e. The number of hydrogen-bond acceptors (Lipinski definition) is 6. The van der Waals surface area contributed by atoms with Crippen LogP contribution in [0.2, 0.25) is 0 Å². The van der Waals surface area contributed by atoms with E-state index in [1.165, 1.54) is 29.7 Å². The zero-order chi connectivity index (χ0) is 18.6. The Hall–Kier alpha value is -2.72. The average molecular weight is 391 g/mol. The molecule has 3 aromatic rings. The summed E-state index contributed by atoms with van der Waals surface area (Å²) in [6.45, 7) is 2.40. The molecule has 0 radical (unpaired) electrons. The number of aryl methyl sites for hydroxylation is 2. The first-order valence-electron chi connectivity index (χ1n) is 7.75. The number of nitrogens with one attached hydrogen (secondary N) is 2. The minimum Gasteiger partial charge on any atom is -0.326 e. The quantitative estimate of drug-likeness (QED) is 0.644. The number of benzene rings is 1. The van der Waals surface area contributed by atoms with E-state index < -0.39 is 10.0 Å². The predicted molar refractivity (Wildman–Crippen MR) is 99.6 cm³/mol. The Kier molecular flexibility index (Phi) is 5.33. The molecule has 1 amide bonds. The number of thiazole rings is 1. The highest BCUT2D eigenvalue weighted by molar-refractivity contribution is 7.93. The van der Waals surface area contributed by atoms with E-state index in [-0.39, 0.29) is 17.2 Å². The second kappa shape index (κ2) is 7.67. The third-order valence-electron chi connectivity index (χ3n) is 3.58. The second-order valence-electron chi connectivity index (χ2n) is 5.46. The fourth-order valence-corrected chi connectivity index (χ4v) is 4.02. The molecule has 3 rings (SSSR count). The summed E-state index contributed by atoms with van der Waals surface area (Å²) in [6, 6.07) is 7.84. The minimum absolute atomic E-state index is 0.0952. The fraction of sp³-hybridized carbons (Fsp3) is 0.188. The van der Waals surface area contributed by atoms with Gasteiger partial charge in [-0.15, -0.1) is 11.3 Å². The highest BCUT2D eigenvalue weighted by Gasteiger charge is 2.15. The Labute approximate surface area is 154 Å². The number of carbonyl (C=O) groups is 1. The zero-order valence-electron chi connectivity index (χ0n) is 13.9. The molecule has 0 spiro atoms. The molecule has 26 heavy (non-hydrogen) atoms. The van der Waals surface area contributed by atoms with Crippen LogP contribution in [0, 0.1) is 6.92 Å². The van der Waals surface area contributed by atoms with E-state index >= 15 is 0 Å². The topological polar surface area (TPSA) is 106 Å². The summed E-state index contributed by atoms with van der Waals surface area (Å²) < 4.78 is 28.7. The van der Waals surface area contributed by atoms with Crippen molar-refractivity contribution in [2.45, 2.75) is 24.8 Å². The summed E-state index contributed by atoms with van der Waals surface area (Å²) in [4.78, 5) is 16.0. The standard InChI is InChI=1S/C16H17N5O3S2/c1-12-6-8-18-21(12)10-7-15(22)19-13-2-4-14(5-3-13)26(23,24)20-16-17-9-11-25-16/h2-6,8-9,11H,7,10H2,1H3,(H,17,20)(H,19,22). The molecular weight excluding hydrogens is 374 g/mol. The highest BCUT2D eigenvalue weighted by atomic mass is 32.2. The summed E-state index contributed by atoms with van der Waals surface area (Å²) in [5.74, 6) is -0.170. The van der Waals surface area contributed by atoms with Crippen LogP contribution in [0.1, 0.15) is 12.1 Å². The van der Waals surface area contributed by atoms with E-state index in [1.807, 2.05) is 13.0 Å². The van der Waals surface area contributed by atoms with Crippen molar-refractivity contribution in [3.63, 3.8) is 0 Å². The first kappa shape index (κ1) is 18.1. The zero-order valence-corrected chi connectivity index (χ0v) is 15.5. The van der Waals surface area contributed by atoms with Gasteiger partial charge in [0, 0.05) is 42.1 Å². The molecule has 10 heteroatoms. The van der Waals surface area contributed by atoms with E-state index in [9.17, 15) is 13.2 Å². The van der Waals surface area contributed by atoms with Crippen molar-refractivity contribution in [1.82, 2.24) is 14.8 Å². The molecule has 2 aromatic heterocycles. The Morgan fingerprint density at radius 3 is 2.58 bits per heavy atom. The maximum absolute atomic E-state index is 12.3. The Balaban J connectivity index is 1.58. The van der Waals surface area contributed by atoms with Crippen molar-refractivity contribution in [3.05, 3.63) is 53.8 Å². The maximum atomic E-state index is 12.3. The number of sulfonamides is 1. The molecule has 2 heterocycles. The van der Waals surface area contributed by atoms with Crippen LogP contribution in [-0.2, 0) is 21.4 Å². The molecule has 2 N–H and O–H groups in total. The molecule has 1 aromatic carbocycles. The lowest BCUT2D eigenvalue weighted by Crippen LogP contribution is -2.16. The molecule has 0 fully saturated rings. The third kappa shape index (κ3) is 4.46. The normalized spacial score (nSPS) is 11.3. The van der Waals surface area contributed by atoms with Crippen LogP contribution in [-0.4, -0.2) is 29.1 Å². The molecule has 0 saturated heterocycles. The number of anilines is 2. The molecular formula is C16H17N5O3S2. The van der Waals surface area contributed by atoms with Gasteiger partial charge in [0.15, 0.2) is 5.13 Å². The summed E-state index contributed by atoms with van der Waals surface area (Å²) >= 11 is 1.20. The van der Waals surface area contributed by atoms with E-state index in [1.54, 1.807) is 28.4 Å². The maximum Gasteiger partial charge on any atom is 0.263 e. The number of carbonyl (C=O) groups excluding carboxylic acids is 1. The lowest BCUT2D eigenvalue weighted by molar-refractivity contribution is -0.116. The number of nitrogens with zero attached hydrogens (tertiary/aromatic N) is 3. The summed E-state index contributed by atoms with van der Waals surface area (Å²) in [5, 5.41) is 8.85. The molecule has 0 aliphatic heterocycles. The molecule has 0 aliphatic carbocycles. The van der Waals surface area contributed by atoms with E-state index in [4.69, 9.17) is 0 Å². The van der Waals surface area contributed by atoms with E-state index in [0.29, 0.717) is 17.4 Å². The molecule has 0 saturated carbocycles. The summed E-state index contributed by atoms with van der Waals surface area (Å²) in [5.41, 5.74) is 1.51. The van der Waals surface area contributed by atoms with Gasteiger partial charge in [-0.3, -0.25) is 14.2 Å². The monoisotopic (exact) mass is 391 g/mol. The molecule has 0 atom stereocenters. The Morgan fingerprint density at radius 1 is 1.19 bits per heavy atom. The third-order valence-corrected chi connectivity index (χ3v) is 5.75. The SMILES string of the molecule is Cc1ccnn1CCC(=O)Nc1ccc(S(=O)(=O)Nc2nccs2)cc1. The van der Waals surface area contributed by atoms with Crippen LogP contribution in [0.25, 0.3) is 0 Å². The van der Waals surface area contributed by atoms with Gasteiger partial charge in [-0.25, -0.2) is 13.4 Å². The predicted octanol–water partition coefficient (Wildman–Crippen LogP) is 2.48. The van der Waals surface area contributed by atoms with Gasteiger partial charge in [0.2, 0.25) is 5.91 Å². The fourth-order valence-electron chi connectivity index (χ4n) is 2.23.